The van der Waals surface area contributed by atoms with Gasteiger partial charge >= 0.3 is 0 Å². The van der Waals surface area contributed by atoms with Gasteiger partial charge in [-0.05, 0) is 30.7 Å². The number of halogens is 1. The summed E-state index contributed by atoms with van der Waals surface area (Å²) >= 11 is 3.33. The van der Waals surface area contributed by atoms with Crippen LogP contribution >= 0.6 is 15.9 Å². The Morgan fingerprint density at radius 3 is 2.50 bits per heavy atom. The minimum absolute atomic E-state index is 0.00868. The molecule has 1 aromatic carbocycles. The van der Waals surface area contributed by atoms with Crippen molar-refractivity contribution in [2.24, 2.45) is 0 Å². The third-order valence-corrected chi connectivity index (χ3v) is 3.54. The van der Waals surface area contributed by atoms with Gasteiger partial charge in [0.15, 0.2) is 0 Å². The minimum Gasteiger partial charge on any atom is -0.386 e. The molecule has 0 aromatic heterocycles. The van der Waals surface area contributed by atoms with Crippen LogP contribution in [0.15, 0.2) is 28.7 Å². The molecular weight excluding hydrogens is 270 g/mol. The van der Waals surface area contributed by atoms with Crippen molar-refractivity contribution in [3.63, 3.8) is 0 Å². The van der Waals surface area contributed by atoms with Crippen molar-refractivity contribution in [2.45, 2.75) is 18.9 Å². The maximum absolute atomic E-state index is 11.9. The van der Waals surface area contributed by atoms with E-state index in [1.165, 1.54) is 0 Å². The molecule has 4 heteroatoms. The lowest BCUT2D eigenvalue weighted by Crippen LogP contribution is -2.63. The zero-order chi connectivity index (χ0) is 11.8. The summed E-state index contributed by atoms with van der Waals surface area (Å²) in [4.78, 5) is 13.6. The molecule has 0 bridgehead atoms. The van der Waals surface area contributed by atoms with Gasteiger partial charge in [-0.3, -0.25) is 4.79 Å². The fourth-order valence-corrected chi connectivity index (χ4v) is 2.07. The summed E-state index contributed by atoms with van der Waals surface area (Å²) in [6.07, 6.45) is 0.692. The molecule has 1 heterocycles. The van der Waals surface area contributed by atoms with Gasteiger partial charge in [0.05, 0.1) is 18.7 Å². The Bertz CT molecular complexity index is 396. The predicted molar refractivity (Wildman–Crippen MR) is 65.3 cm³/mol. The number of hydrogen-bond donors (Lipinski definition) is 1. The summed E-state index contributed by atoms with van der Waals surface area (Å²) in [7, 11) is 0. The topological polar surface area (TPSA) is 40.5 Å². The second-order valence-corrected chi connectivity index (χ2v) is 5.16. The van der Waals surface area contributed by atoms with E-state index in [1.807, 2.05) is 19.1 Å². The highest BCUT2D eigenvalue weighted by molar-refractivity contribution is 9.10. The lowest BCUT2D eigenvalue weighted by atomic mass is 9.91. The van der Waals surface area contributed by atoms with Crippen molar-refractivity contribution in [1.82, 2.24) is 4.90 Å². The van der Waals surface area contributed by atoms with Crippen molar-refractivity contribution in [2.75, 3.05) is 13.1 Å². The summed E-state index contributed by atoms with van der Waals surface area (Å²) < 4.78 is 0.956. The average Bonchev–Trinajstić information content (AvgIpc) is 2.25. The molecule has 0 aliphatic carbocycles. The molecule has 1 amide bonds. The molecule has 86 valence electrons. The normalized spacial score (nSPS) is 18.1. The minimum atomic E-state index is -0.662. The molecule has 1 aliphatic rings. The van der Waals surface area contributed by atoms with Gasteiger partial charge in [0.25, 0.3) is 5.91 Å². The van der Waals surface area contributed by atoms with Gasteiger partial charge in [-0.25, -0.2) is 0 Å². The Morgan fingerprint density at radius 2 is 2.00 bits per heavy atom. The molecule has 1 fully saturated rings. The average molecular weight is 284 g/mol. The van der Waals surface area contributed by atoms with E-state index in [2.05, 4.69) is 15.9 Å². The van der Waals surface area contributed by atoms with E-state index in [1.54, 1.807) is 17.0 Å². The Kier molecular flexibility index (Phi) is 3.04. The first kappa shape index (κ1) is 11.6. The van der Waals surface area contributed by atoms with Crippen molar-refractivity contribution in [1.29, 1.82) is 0 Å². The third-order valence-electron chi connectivity index (χ3n) is 3.01. The molecule has 2 rings (SSSR count). The Labute approximate surface area is 103 Å². The van der Waals surface area contributed by atoms with Crippen LogP contribution in [0.5, 0.6) is 0 Å². The summed E-state index contributed by atoms with van der Waals surface area (Å²) in [5, 5.41) is 9.83. The number of amides is 1. The first-order chi connectivity index (χ1) is 7.54. The fraction of sp³-hybridized carbons (Fsp3) is 0.417. The molecule has 0 saturated carbocycles. The van der Waals surface area contributed by atoms with Crippen LogP contribution in [0.3, 0.4) is 0 Å². The molecule has 1 N–H and O–H groups in total. The highest BCUT2D eigenvalue weighted by Crippen LogP contribution is 2.25. The van der Waals surface area contributed by atoms with Crippen molar-refractivity contribution in [3.05, 3.63) is 34.3 Å². The van der Waals surface area contributed by atoms with Crippen LogP contribution in [0.2, 0.25) is 0 Å². The summed E-state index contributed by atoms with van der Waals surface area (Å²) in [6.45, 7) is 2.82. The zero-order valence-electron chi connectivity index (χ0n) is 9.11. The molecule has 0 unspecified atom stereocenters. The lowest BCUT2D eigenvalue weighted by molar-refractivity contribution is -0.0826. The van der Waals surface area contributed by atoms with E-state index in [0.29, 0.717) is 25.1 Å². The van der Waals surface area contributed by atoms with Crippen LogP contribution in [0, 0.1) is 0 Å². The van der Waals surface area contributed by atoms with Gasteiger partial charge in [0, 0.05) is 10.0 Å². The van der Waals surface area contributed by atoms with Gasteiger partial charge in [-0.15, -0.1) is 0 Å². The van der Waals surface area contributed by atoms with Crippen LogP contribution < -0.4 is 0 Å². The molecule has 0 radical (unpaired) electrons. The smallest absolute Gasteiger partial charge is 0.254 e. The number of benzene rings is 1. The highest BCUT2D eigenvalue weighted by Gasteiger charge is 2.42. The van der Waals surface area contributed by atoms with Crippen LogP contribution in [0.25, 0.3) is 0 Å². The van der Waals surface area contributed by atoms with Crippen molar-refractivity contribution < 1.29 is 9.90 Å². The maximum Gasteiger partial charge on any atom is 0.254 e. The van der Waals surface area contributed by atoms with E-state index < -0.39 is 5.60 Å². The first-order valence-electron chi connectivity index (χ1n) is 5.31. The number of likely N-dealkylation sites (tertiary alicyclic amines) is 1. The Morgan fingerprint density at radius 1 is 1.44 bits per heavy atom. The first-order valence-corrected chi connectivity index (χ1v) is 6.10. The lowest BCUT2D eigenvalue weighted by Gasteiger charge is -2.46. The molecule has 3 nitrogen and oxygen atoms in total. The predicted octanol–water partition coefficient (Wildman–Crippen LogP) is 2.05. The summed E-state index contributed by atoms with van der Waals surface area (Å²) in [6, 6.07) is 7.27. The highest BCUT2D eigenvalue weighted by atomic mass is 79.9. The number of carbonyl (C=O) groups excluding carboxylic acids is 1. The summed E-state index contributed by atoms with van der Waals surface area (Å²) in [5.41, 5.74) is 0.00624. The van der Waals surface area contributed by atoms with Crippen LogP contribution in [0.4, 0.5) is 0 Å². The van der Waals surface area contributed by atoms with Gasteiger partial charge in [0.1, 0.15) is 0 Å². The van der Waals surface area contributed by atoms with Gasteiger partial charge < -0.3 is 10.0 Å². The number of aliphatic hydroxyl groups is 1. The van der Waals surface area contributed by atoms with Crippen LogP contribution in [0.1, 0.15) is 23.7 Å². The van der Waals surface area contributed by atoms with Gasteiger partial charge in [0.2, 0.25) is 0 Å². The van der Waals surface area contributed by atoms with Crippen molar-refractivity contribution >= 4 is 21.8 Å². The molecule has 1 saturated heterocycles. The Hall–Kier alpha value is -0.870. The second-order valence-electron chi connectivity index (χ2n) is 4.25. The molecule has 1 aliphatic heterocycles. The third kappa shape index (κ3) is 2.13. The second kappa shape index (κ2) is 4.18. The van der Waals surface area contributed by atoms with Gasteiger partial charge in [-0.2, -0.15) is 0 Å². The number of hydrogen-bond acceptors (Lipinski definition) is 2. The van der Waals surface area contributed by atoms with E-state index >= 15 is 0 Å². The SMILES string of the molecule is CCC1(O)CN(C(=O)c2ccc(Br)cc2)C1. The molecule has 16 heavy (non-hydrogen) atoms. The number of β-amino-alcohol motifs (C(OH)–C–C–N with tert-alkyl or cyclic N) is 1. The maximum atomic E-state index is 11.9. The van der Waals surface area contributed by atoms with Crippen LogP contribution in [-0.2, 0) is 0 Å². The van der Waals surface area contributed by atoms with E-state index in [9.17, 15) is 9.90 Å². The fourth-order valence-electron chi connectivity index (χ4n) is 1.81. The Balaban J connectivity index is 2.03. The molecule has 0 spiro atoms. The number of carbonyl (C=O) groups is 1. The van der Waals surface area contributed by atoms with Gasteiger partial charge in [-0.1, -0.05) is 22.9 Å². The van der Waals surface area contributed by atoms with Crippen LogP contribution in [-0.4, -0.2) is 34.6 Å². The monoisotopic (exact) mass is 283 g/mol. The van der Waals surface area contributed by atoms with E-state index in [4.69, 9.17) is 0 Å². The number of nitrogens with zero attached hydrogens (tertiary/aromatic N) is 1. The summed E-state index contributed by atoms with van der Waals surface area (Å²) in [5.74, 6) is -0.00868. The zero-order valence-corrected chi connectivity index (χ0v) is 10.7. The van der Waals surface area contributed by atoms with E-state index in [-0.39, 0.29) is 5.91 Å². The molecular formula is C12H14BrNO2. The quantitative estimate of drug-likeness (QED) is 0.903. The van der Waals surface area contributed by atoms with Crippen molar-refractivity contribution in [3.8, 4) is 0 Å². The molecule has 0 atom stereocenters. The van der Waals surface area contributed by atoms with E-state index in [0.717, 1.165) is 4.47 Å². The largest absolute Gasteiger partial charge is 0.386 e. The standard InChI is InChI=1S/C12H14BrNO2/c1-2-12(16)7-14(8-12)11(15)9-3-5-10(13)6-4-9/h3-6,16H,2,7-8H2,1H3. The number of rotatable bonds is 2. The molecule has 1 aromatic rings.